The molecule has 0 radical (unpaired) electrons. The SMILES string of the molecule is COCCC(=O)N[C@@H](CO)c1cc(F)cc(Cl)c1COc1cccc2c(-n3cc(F)cn3)cc(C)nc12. The summed E-state index contributed by atoms with van der Waals surface area (Å²) in [5, 5.41) is 17.4. The first-order valence-corrected chi connectivity index (χ1v) is 11.8. The molecule has 0 bridgehead atoms. The average Bonchev–Trinajstić information content (AvgIpc) is 3.30. The van der Waals surface area contributed by atoms with E-state index in [0.29, 0.717) is 33.6 Å². The quantitative estimate of drug-likeness (QED) is 0.315. The monoisotopic (exact) mass is 530 g/mol. The highest BCUT2D eigenvalue weighted by molar-refractivity contribution is 6.31. The lowest BCUT2D eigenvalue weighted by molar-refractivity contribution is -0.123. The second-order valence-corrected chi connectivity index (χ2v) is 8.73. The first kappa shape index (κ1) is 26.5. The van der Waals surface area contributed by atoms with Gasteiger partial charge in [0.05, 0.1) is 42.4 Å². The predicted molar refractivity (Wildman–Crippen MR) is 134 cm³/mol. The number of carbonyl (C=O) groups is 1. The number of nitrogens with zero attached hydrogens (tertiary/aromatic N) is 3. The number of rotatable bonds is 10. The van der Waals surface area contributed by atoms with Crippen LogP contribution in [0, 0.1) is 18.6 Å². The molecule has 1 atom stereocenters. The van der Waals surface area contributed by atoms with E-state index in [9.17, 15) is 18.7 Å². The Morgan fingerprint density at radius 1 is 1.24 bits per heavy atom. The molecule has 0 aliphatic heterocycles. The summed E-state index contributed by atoms with van der Waals surface area (Å²) in [5.74, 6) is -1.05. The molecule has 37 heavy (non-hydrogen) atoms. The minimum absolute atomic E-state index is 0.0748. The van der Waals surface area contributed by atoms with Gasteiger partial charge in [0.1, 0.15) is 23.7 Å². The number of benzene rings is 2. The Balaban J connectivity index is 1.68. The van der Waals surface area contributed by atoms with Gasteiger partial charge in [-0.25, -0.2) is 18.4 Å². The third kappa shape index (κ3) is 6.04. The Morgan fingerprint density at radius 3 is 2.76 bits per heavy atom. The molecule has 1 amide bonds. The average molecular weight is 531 g/mol. The van der Waals surface area contributed by atoms with Crippen molar-refractivity contribution in [1.82, 2.24) is 20.1 Å². The van der Waals surface area contributed by atoms with Crippen molar-refractivity contribution in [3.05, 3.63) is 82.3 Å². The number of ether oxygens (including phenoxy) is 2. The number of aliphatic hydroxyl groups is 1. The van der Waals surface area contributed by atoms with E-state index in [1.165, 1.54) is 24.1 Å². The highest BCUT2D eigenvalue weighted by Gasteiger charge is 2.21. The van der Waals surface area contributed by atoms with Crippen LogP contribution in [0.25, 0.3) is 16.6 Å². The molecule has 11 heteroatoms. The van der Waals surface area contributed by atoms with Gasteiger partial charge in [-0.2, -0.15) is 5.10 Å². The molecule has 4 aromatic rings. The number of aryl methyl sites for hydroxylation is 1. The fraction of sp³-hybridized carbons (Fsp3) is 0.269. The zero-order valence-electron chi connectivity index (χ0n) is 20.2. The van der Waals surface area contributed by atoms with E-state index in [0.717, 1.165) is 12.3 Å². The molecule has 194 valence electrons. The van der Waals surface area contributed by atoms with Crippen molar-refractivity contribution >= 4 is 28.4 Å². The van der Waals surface area contributed by atoms with Crippen LogP contribution >= 0.6 is 11.6 Å². The Kier molecular flexibility index (Phi) is 8.32. The Morgan fingerprint density at radius 2 is 2.05 bits per heavy atom. The van der Waals surface area contributed by atoms with Crippen molar-refractivity contribution < 1.29 is 28.2 Å². The predicted octanol–water partition coefficient (Wildman–Crippen LogP) is 4.43. The van der Waals surface area contributed by atoms with Gasteiger partial charge in [-0.05, 0) is 36.8 Å². The number of amides is 1. The minimum atomic E-state index is -0.912. The van der Waals surface area contributed by atoms with Crippen molar-refractivity contribution in [2.24, 2.45) is 0 Å². The maximum absolute atomic E-state index is 14.3. The lowest BCUT2D eigenvalue weighted by atomic mass is 10.0. The van der Waals surface area contributed by atoms with E-state index in [-0.39, 0.29) is 36.1 Å². The summed E-state index contributed by atoms with van der Waals surface area (Å²) in [4.78, 5) is 16.8. The van der Waals surface area contributed by atoms with Crippen molar-refractivity contribution in [3.63, 3.8) is 0 Å². The van der Waals surface area contributed by atoms with Crippen LogP contribution in [0.5, 0.6) is 5.75 Å². The van der Waals surface area contributed by atoms with Gasteiger partial charge in [-0.15, -0.1) is 0 Å². The van der Waals surface area contributed by atoms with Gasteiger partial charge in [0.25, 0.3) is 0 Å². The third-order valence-corrected chi connectivity index (χ3v) is 6.04. The third-order valence-electron chi connectivity index (χ3n) is 5.70. The molecule has 0 aliphatic carbocycles. The molecule has 2 heterocycles. The number of para-hydroxylation sites is 1. The van der Waals surface area contributed by atoms with Crippen LogP contribution in [0.4, 0.5) is 8.78 Å². The molecule has 2 aromatic carbocycles. The van der Waals surface area contributed by atoms with E-state index in [4.69, 9.17) is 21.1 Å². The van der Waals surface area contributed by atoms with Gasteiger partial charge in [0, 0.05) is 30.2 Å². The number of aromatic nitrogens is 3. The van der Waals surface area contributed by atoms with E-state index in [1.54, 1.807) is 25.1 Å². The molecule has 0 spiro atoms. The smallest absolute Gasteiger partial charge is 0.222 e. The van der Waals surface area contributed by atoms with Crippen molar-refractivity contribution in [2.45, 2.75) is 26.0 Å². The molecule has 2 aromatic heterocycles. The van der Waals surface area contributed by atoms with E-state index in [1.807, 2.05) is 6.07 Å². The van der Waals surface area contributed by atoms with Gasteiger partial charge in [0.15, 0.2) is 5.82 Å². The lowest BCUT2D eigenvalue weighted by Gasteiger charge is -2.22. The fourth-order valence-corrected chi connectivity index (χ4v) is 4.25. The number of fused-ring (bicyclic) bond motifs is 1. The van der Waals surface area contributed by atoms with Gasteiger partial charge in [0.2, 0.25) is 5.91 Å². The first-order valence-electron chi connectivity index (χ1n) is 11.4. The summed E-state index contributed by atoms with van der Waals surface area (Å²) in [6.45, 7) is 1.42. The molecule has 2 N–H and O–H groups in total. The van der Waals surface area contributed by atoms with Crippen LogP contribution in [0.1, 0.15) is 29.3 Å². The Bertz CT molecular complexity index is 1430. The maximum atomic E-state index is 14.3. The summed E-state index contributed by atoms with van der Waals surface area (Å²) in [5.41, 5.74) is 2.48. The van der Waals surface area contributed by atoms with Crippen molar-refractivity contribution in [2.75, 3.05) is 20.3 Å². The number of hydrogen-bond donors (Lipinski definition) is 2. The largest absolute Gasteiger partial charge is 0.487 e. The van der Waals surface area contributed by atoms with Gasteiger partial charge >= 0.3 is 0 Å². The number of methoxy groups -OCH3 is 1. The molecular weight excluding hydrogens is 506 g/mol. The van der Waals surface area contributed by atoms with Crippen molar-refractivity contribution in [3.8, 4) is 11.4 Å². The van der Waals surface area contributed by atoms with E-state index >= 15 is 0 Å². The summed E-state index contributed by atoms with van der Waals surface area (Å²) in [6.07, 6.45) is 2.46. The lowest BCUT2D eigenvalue weighted by Crippen LogP contribution is -2.32. The molecule has 0 aliphatic rings. The van der Waals surface area contributed by atoms with Gasteiger partial charge in [-0.1, -0.05) is 23.7 Å². The summed E-state index contributed by atoms with van der Waals surface area (Å²) in [7, 11) is 1.47. The van der Waals surface area contributed by atoms with Crippen LogP contribution in [0.2, 0.25) is 5.02 Å². The molecule has 0 saturated heterocycles. The number of aliphatic hydroxyl groups excluding tert-OH is 1. The van der Waals surface area contributed by atoms with Crippen LogP contribution in [-0.4, -0.2) is 46.1 Å². The molecule has 8 nitrogen and oxygen atoms in total. The first-order chi connectivity index (χ1) is 17.8. The zero-order chi connectivity index (χ0) is 26.5. The zero-order valence-corrected chi connectivity index (χ0v) is 20.9. The highest BCUT2D eigenvalue weighted by atomic mass is 35.5. The normalized spacial score (nSPS) is 12.1. The van der Waals surface area contributed by atoms with Crippen LogP contribution in [0.3, 0.4) is 0 Å². The van der Waals surface area contributed by atoms with Crippen LogP contribution in [0.15, 0.2) is 48.8 Å². The molecule has 0 fully saturated rings. The fourth-order valence-electron chi connectivity index (χ4n) is 3.99. The Hall–Kier alpha value is -3.60. The minimum Gasteiger partial charge on any atom is -0.487 e. The number of pyridine rings is 1. The van der Waals surface area contributed by atoms with Crippen molar-refractivity contribution in [1.29, 1.82) is 0 Å². The van der Waals surface area contributed by atoms with Gasteiger partial charge < -0.3 is 19.9 Å². The van der Waals surface area contributed by atoms with Crippen LogP contribution in [-0.2, 0) is 16.1 Å². The topological polar surface area (TPSA) is 98.5 Å². The summed E-state index contributed by atoms with van der Waals surface area (Å²) >= 11 is 6.38. The summed E-state index contributed by atoms with van der Waals surface area (Å²) < 4.78 is 40.3. The number of carbonyl (C=O) groups excluding carboxylic acids is 1. The number of halogens is 3. The molecule has 4 rings (SSSR count). The number of nitrogens with one attached hydrogen (secondary N) is 1. The Labute approximate surface area is 216 Å². The molecule has 0 unspecified atom stereocenters. The molecular formula is C26H25ClF2N4O4. The van der Waals surface area contributed by atoms with E-state index < -0.39 is 24.3 Å². The second kappa shape index (κ2) is 11.6. The van der Waals surface area contributed by atoms with Crippen LogP contribution < -0.4 is 10.1 Å². The van der Waals surface area contributed by atoms with E-state index in [2.05, 4.69) is 15.4 Å². The van der Waals surface area contributed by atoms with Gasteiger partial charge in [-0.3, -0.25) is 4.79 Å². The summed E-state index contributed by atoms with van der Waals surface area (Å²) in [6, 6.07) is 8.51. The maximum Gasteiger partial charge on any atom is 0.222 e. The number of hydrogen-bond acceptors (Lipinski definition) is 6. The standard InChI is InChI=1S/C26H25ClF2N4O4/c1-15-8-23(33-12-17(29)11-30-33)18-4-3-5-24(26(18)31-15)37-14-20-19(9-16(28)10-21(20)27)22(13-34)32-25(35)6-7-36-2/h3-5,8-12,22,34H,6-7,13-14H2,1-2H3,(H,32,35)/t22-/m0/s1. The molecule has 0 saturated carbocycles. The second-order valence-electron chi connectivity index (χ2n) is 8.33. The highest BCUT2D eigenvalue weighted by Crippen LogP contribution is 2.32.